The van der Waals surface area contributed by atoms with Crippen molar-refractivity contribution in [1.29, 1.82) is 0 Å². The number of carbonyl (C=O) groups is 2. The number of thioether (sulfide) groups is 1. The molecule has 1 aromatic rings. The van der Waals surface area contributed by atoms with E-state index in [0.717, 1.165) is 6.42 Å². The Labute approximate surface area is 172 Å². The molecule has 0 bridgehead atoms. The predicted octanol–water partition coefficient (Wildman–Crippen LogP) is 3.90. The van der Waals surface area contributed by atoms with Crippen LogP contribution < -0.4 is 9.47 Å². The van der Waals surface area contributed by atoms with E-state index in [9.17, 15) is 9.59 Å². The fourth-order valence-electron chi connectivity index (χ4n) is 2.33. The number of esters is 1. The van der Waals surface area contributed by atoms with Gasteiger partial charge in [0.1, 0.15) is 4.32 Å². The molecule has 0 aromatic heterocycles. The molecule has 9 heteroatoms. The average molecular weight is 430 g/mol. The van der Waals surface area contributed by atoms with E-state index in [1.807, 2.05) is 13.8 Å². The SMILES string of the molecule is CCCN1C(=O)/C(=C\c2cc(Cl)c(OCC(=O)OC)c(OCC)c2)SC1=S. The van der Waals surface area contributed by atoms with Crippen molar-refractivity contribution in [2.24, 2.45) is 0 Å². The highest BCUT2D eigenvalue weighted by molar-refractivity contribution is 8.26. The second kappa shape index (κ2) is 9.96. The van der Waals surface area contributed by atoms with Crippen molar-refractivity contribution in [3.8, 4) is 11.5 Å². The summed E-state index contributed by atoms with van der Waals surface area (Å²) in [6.07, 6.45) is 2.54. The molecule has 1 fully saturated rings. The fourth-order valence-corrected chi connectivity index (χ4v) is 3.91. The second-order valence-electron chi connectivity index (χ2n) is 5.46. The van der Waals surface area contributed by atoms with Gasteiger partial charge >= 0.3 is 5.97 Å². The van der Waals surface area contributed by atoms with Crippen LogP contribution in [0.5, 0.6) is 11.5 Å². The smallest absolute Gasteiger partial charge is 0.343 e. The highest BCUT2D eigenvalue weighted by Crippen LogP contribution is 2.39. The van der Waals surface area contributed by atoms with E-state index >= 15 is 0 Å². The zero-order valence-corrected chi connectivity index (χ0v) is 17.6. The number of thiocarbonyl (C=S) groups is 1. The zero-order valence-electron chi connectivity index (χ0n) is 15.2. The molecule has 0 spiro atoms. The Bertz CT molecular complexity index is 781. The topological polar surface area (TPSA) is 65.1 Å². The van der Waals surface area contributed by atoms with Crippen molar-refractivity contribution in [2.75, 3.05) is 26.9 Å². The van der Waals surface area contributed by atoms with Crippen LogP contribution in [-0.2, 0) is 14.3 Å². The number of halogens is 1. The Morgan fingerprint density at radius 1 is 1.33 bits per heavy atom. The molecule has 0 radical (unpaired) electrons. The normalized spacial score (nSPS) is 15.4. The number of amides is 1. The van der Waals surface area contributed by atoms with Gasteiger partial charge in [-0.25, -0.2) is 4.79 Å². The van der Waals surface area contributed by atoms with Crippen molar-refractivity contribution in [1.82, 2.24) is 4.90 Å². The average Bonchev–Trinajstić information content (AvgIpc) is 2.89. The first-order valence-electron chi connectivity index (χ1n) is 8.32. The Hall–Kier alpha value is -1.77. The Morgan fingerprint density at radius 2 is 2.07 bits per heavy atom. The Morgan fingerprint density at radius 3 is 2.70 bits per heavy atom. The van der Waals surface area contributed by atoms with Crippen LogP contribution >= 0.6 is 35.6 Å². The number of rotatable bonds is 8. The molecule has 27 heavy (non-hydrogen) atoms. The van der Waals surface area contributed by atoms with Crippen molar-refractivity contribution < 1.29 is 23.8 Å². The van der Waals surface area contributed by atoms with E-state index in [1.165, 1.54) is 18.9 Å². The van der Waals surface area contributed by atoms with Crippen LogP contribution in [0.2, 0.25) is 5.02 Å². The summed E-state index contributed by atoms with van der Waals surface area (Å²) >= 11 is 12.8. The van der Waals surface area contributed by atoms with Crippen LogP contribution in [0.3, 0.4) is 0 Å². The van der Waals surface area contributed by atoms with Crippen molar-refractivity contribution >= 4 is 57.9 Å². The number of benzene rings is 1. The standard InChI is InChI=1S/C18H20ClNO5S2/c1-4-6-20-17(22)14(27-18(20)26)9-11-7-12(19)16(13(8-11)24-5-2)25-10-15(21)23-3/h7-9H,4-6,10H2,1-3H3/b14-9+. The zero-order chi connectivity index (χ0) is 20.0. The summed E-state index contributed by atoms with van der Waals surface area (Å²) in [6, 6.07) is 3.34. The first-order valence-corrected chi connectivity index (χ1v) is 9.92. The lowest BCUT2D eigenvalue weighted by Gasteiger charge is -2.14. The van der Waals surface area contributed by atoms with E-state index in [1.54, 1.807) is 23.1 Å². The molecule has 1 aliphatic heterocycles. The van der Waals surface area contributed by atoms with Gasteiger partial charge in [0, 0.05) is 6.54 Å². The van der Waals surface area contributed by atoms with Crippen LogP contribution in [0.15, 0.2) is 17.0 Å². The van der Waals surface area contributed by atoms with Crippen LogP contribution in [0.25, 0.3) is 6.08 Å². The quantitative estimate of drug-likeness (QED) is 0.352. The molecule has 0 saturated carbocycles. The summed E-state index contributed by atoms with van der Waals surface area (Å²) in [7, 11) is 1.27. The lowest BCUT2D eigenvalue weighted by Crippen LogP contribution is -2.28. The molecule has 1 aromatic carbocycles. The molecular weight excluding hydrogens is 410 g/mol. The van der Waals surface area contributed by atoms with Gasteiger partial charge in [-0.3, -0.25) is 9.69 Å². The number of carbonyl (C=O) groups excluding carboxylic acids is 2. The monoisotopic (exact) mass is 429 g/mol. The molecule has 0 unspecified atom stereocenters. The lowest BCUT2D eigenvalue weighted by molar-refractivity contribution is -0.142. The van der Waals surface area contributed by atoms with Crippen LogP contribution in [0, 0.1) is 0 Å². The van der Waals surface area contributed by atoms with Gasteiger partial charge in [0.2, 0.25) is 0 Å². The van der Waals surface area contributed by atoms with Crippen molar-refractivity contribution in [3.63, 3.8) is 0 Å². The largest absolute Gasteiger partial charge is 0.490 e. The van der Waals surface area contributed by atoms with E-state index in [2.05, 4.69) is 4.74 Å². The minimum absolute atomic E-state index is 0.119. The summed E-state index contributed by atoms with van der Waals surface area (Å²) in [5.74, 6) is -0.0204. The van der Waals surface area contributed by atoms with E-state index in [0.29, 0.717) is 33.7 Å². The van der Waals surface area contributed by atoms with Gasteiger partial charge in [-0.05, 0) is 37.1 Å². The molecule has 1 amide bonds. The summed E-state index contributed by atoms with van der Waals surface area (Å²) < 4.78 is 16.1. The van der Waals surface area contributed by atoms with Crippen molar-refractivity contribution in [2.45, 2.75) is 20.3 Å². The predicted molar refractivity (Wildman–Crippen MR) is 110 cm³/mol. The Kier molecular flexibility index (Phi) is 7.94. The molecule has 0 N–H and O–H groups in total. The highest BCUT2D eigenvalue weighted by Gasteiger charge is 2.31. The summed E-state index contributed by atoms with van der Waals surface area (Å²) in [4.78, 5) is 25.9. The fraction of sp³-hybridized carbons (Fsp3) is 0.389. The van der Waals surface area contributed by atoms with Gasteiger partial charge in [-0.15, -0.1) is 0 Å². The van der Waals surface area contributed by atoms with Gasteiger partial charge < -0.3 is 14.2 Å². The van der Waals surface area contributed by atoms with E-state index in [4.69, 9.17) is 33.3 Å². The maximum absolute atomic E-state index is 12.5. The number of ether oxygens (including phenoxy) is 3. The van der Waals surface area contributed by atoms with Gasteiger partial charge in [0.25, 0.3) is 5.91 Å². The van der Waals surface area contributed by atoms with Crippen molar-refractivity contribution in [3.05, 3.63) is 27.6 Å². The number of hydrogen-bond acceptors (Lipinski definition) is 7. The second-order valence-corrected chi connectivity index (χ2v) is 7.54. The molecule has 1 aliphatic rings. The number of methoxy groups -OCH3 is 1. The number of nitrogens with zero attached hydrogens (tertiary/aromatic N) is 1. The van der Waals surface area contributed by atoms with E-state index in [-0.39, 0.29) is 23.3 Å². The summed E-state index contributed by atoms with van der Waals surface area (Å²) in [5.41, 5.74) is 0.672. The minimum Gasteiger partial charge on any atom is -0.490 e. The van der Waals surface area contributed by atoms with Crippen LogP contribution in [0.4, 0.5) is 0 Å². The van der Waals surface area contributed by atoms with Gasteiger partial charge in [-0.1, -0.05) is 42.5 Å². The van der Waals surface area contributed by atoms with Crippen LogP contribution in [0.1, 0.15) is 25.8 Å². The maximum Gasteiger partial charge on any atom is 0.343 e. The molecule has 1 saturated heterocycles. The highest BCUT2D eigenvalue weighted by atomic mass is 35.5. The maximum atomic E-state index is 12.5. The first-order chi connectivity index (χ1) is 12.9. The third-order valence-corrected chi connectivity index (χ3v) is 5.17. The molecule has 0 atom stereocenters. The number of hydrogen-bond donors (Lipinski definition) is 0. The molecule has 1 heterocycles. The molecule has 6 nitrogen and oxygen atoms in total. The molecule has 146 valence electrons. The summed E-state index contributed by atoms with van der Waals surface area (Å²) in [6.45, 7) is 4.50. The summed E-state index contributed by atoms with van der Waals surface area (Å²) in [5, 5.41) is 0.264. The third kappa shape index (κ3) is 5.37. The Balaban J connectivity index is 2.31. The molecule has 2 rings (SSSR count). The first kappa shape index (κ1) is 21.5. The molecule has 0 aliphatic carbocycles. The minimum atomic E-state index is -0.530. The lowest BCUT2D eigenvalue weighted by atomic mass is 10.1. The van der Waals surface area contributed by atoms with Gasteiger partial charge in [-0.2, -0.15) is 0 Å². The third-order valence-electron chi connectivity index (χ3n) is 3.51. The van der Waals surface area contributed by atoms with E-state index < -0.39 is 5.97 Å². The van der Waals surface area contributed by atoms with Gasteiger partial charge in [0.05, 0.1) is 23.6 Å². The van der Waals surface area contributed by atoms with Crippen LogP contribution in [-0.4, -0.2) is 48.0 Å². The molecular formula is C18H20ClNO5S2. The van der Waals surface area contributed by atoms with Gasteiger partial charge in [0.15, 0.2) is 18.1 Å².